The number of hydrogen-bond acceptors (Lipinski definition) is 6. The molecule has 0 spiro atoms. The van der Waals surface area contributed by atoms with Crippen molar-refractivity contribution in [2.75, 3.05) is 12.8 Å². The molecule has 2 aromatic heterocycles. The van der Waals surface area contributed by atoms with Crippen LogP contribution in [0.2, 0.25) is 0 Å². The van der Waals surface area contributed by atoms with E-state index < -0.39 is 5.82 Å². The summed E-state index contributed by atoms with van der Waals surface area (Å²) in [6.07, 6.45) is 1.65. The molecule has 0 atom stereocenters. The molecule has 0 saturated carbocycles. The van der Waals surface area contributed by atoms with Crippen LogP contribution in [0.15, 0.2) is 29.8 Å². The van der Waals surface area contributed by atoms with Crippen LogP contribution in [-0.2, 0) is 0 Å². The number of nitrogens with zero attached hydrogens (tertiary/aromatic N) is 3. The highest BCUT2D eigenvalue weighted by atomic mass is 32.1. The van der Waals surface area contributed by atoms with Crippen LogP contribution in [0.4, 0.5) is 10.2 Å². The highest BCUT2D eigenvalue weighted by molar-refractivity contribution is 7.13. The van der Waals surface area contributed by atoms with Crippen molar-refractivity contribution in [1.29, 1.82) is 0 Å². The Hall–Kier alpha value is -2.54. The molecule has 0 radical (unpaired) electrons. The maximum atomic E-state index is 13.8. The molecule has 1 aromatic carbocycles. The Balaban J connectivity index is 1.98. The van der Waals surface area contributed by atoms with Gasteiger partial charge in [0.1, 0.15) is 16.6 Å². The SMILES string of the molecule is COc1ccc(-c2csc(-c3cnc(C)nc3N)n2)cc1F. The minimum atomic E-state index is -0.423. The molecular weight excluding hydrogens is 303 g/mol. The Morgan fingerprint density at radius 1 is 1.27 bits per heavy atom. The number of aryl methyl sites for hydroxylation is 1. The van der Waals surface area contributed by atoms with E-state index in [-0.39, 0.29) is 5.75 Å². The van der Waals surface area contributed by atoms with Gasteiger partial charge in [-0.3, -0.25) is 0 Å². The summed E-state index contributed by atoms with van der Waals surface area (Å²) in [5, 5.41) is 2.54. The third kappa shape index (κ3) is 2.62. The Morgan fingerprint density at radius 2 is 2.09 bits per heavy atom. The number of halogens is 1. The zero-order valence-electron chi connectivity index (χ0n) is 12.0. The summed E-state index contributed by atoms with van der Waals surface area (Å²) in [5.41, 5.74) is 7.92. The van der Waals surface area contributed by atoms with Gasteiger partial charge in [-0.05, 0) is 25.1 Å². The van der Waals surface area contributed by atoms with Gasteiger partial charge >= 0.3 is 0 Å². The first-order valence-corrected chi connectivity index (χ1v) is 7.35. The topological polar surface area (TPSA) is 73.9 Å². The highest BCUT2D eigenvalue weighted by Crippen LogP contribution is 2.32. The van der Waals surface area contributed by atoms with Gasteiger partial charge in [0.25, 0.3) is 0 Å². The normalized spacial score (nSPS) is 10.7. The Bertz CT molecular complexity index is 834. The Morgan fingerprint density at radius 3 is 2.77 bits per heavy atom. The minimum absolute atomic E-state index is 0.204. The molecule has 5 nitrogen and oxygen atoms in total. The fourth-order valence-corrected chi connectivity index (χ4v) is 2.86. The fourth-order valence-electron chi connectivity index (χ4n) is 2.01. The van der Waals surface area contributed by atoms with Gasteiger partial charge in [-0.15, -0.1) is 11.3 Å². The lowest BCUT2D eigenvalue weighted by Crippen LogP contribution is -1.98. The van der Waals surface area contributed by atoms with Gasteiger partial charge < -0.3 is 10.5 Å². The van der Waals surface area contributed by atoms with Gasteiger partial charge in [-0.2, -0.15) is 0 Å². The van der Waals surface area contributed by atoms with Crippen LogP contribution < -0.4 is 10.5 Å². The molecule has 0 saturated heterocycles. The summed E-state index contributed by atoms with van der Waals surface area (Å²) in [4.78, 5) is 12.7. The number of rotatable bonds is 3. The summed E-state index contributed by atoms with van der Waals surface area (Å²) < 4.78 is 18.7. The molecule has 3 aromatic rings. The van der Waals surface area contributed by atoms with E-state index in [1.165, 1.54) is 24.5 Å². The van der Waals surface area contributed by atoms with E-state index in [2.05, 4.69) is 15.0 Å². The summed E-state index contributed by atoms with van der Waals surface area (Å²) in [7, 11) is 1.43. The molecule has 7 heteroatoms. The molecule has 2 heterocycles. The largest absolute Gasteiger partial charge is 0.494 e. The molecule has 0 fully saturated rings. The van der Waals surface area contributed by atoms with Crippen molar-refractivity contribution in [2.24, 2.45) is 0 Å². The Kier molecular flexibility index (Phi) is 3.72. The second-order valence-corrected chi connectivity index (χ2v) is 5.46. The molecule has 2 N–H and O–H groups in total. The van der Waals surface area contributed by atoms with Crippen molar-refractivity contribution in [2.45, 2.75) is 6.92 Å². The van der Waals surface area contributed by atoms with Crippen LogP contribution in [-0.4, -0.2) is 22.1 Å². The lowest BCUT2D eigenvalue weighted by Gasteiger charge is -2.03. The standard InChI is InChI=1S/C15H13FN4OS/c1-8-18-6-10(14(17)19-8)15-20-12(7-22-15)9-3-4-13(21-2)11(16)5-9/h3-7H,1-2H3,(H2,17,18,19). The lowest BCUT2D eigenvalue weighted by molar-refractivity contribution is 0.386. The molecule has 0 amide bonds. The van der Waals surface area contributed by atoms with Crippen molar-refractivity contribution in [3.05, 3.63) is 41.4 Å². The first-order valence-electron chi connectivity index (χ1n) is 6.47. The number of ether oxygens (including phenoxy) is 1. The molecule has 0 bridgehead atoms. The molecule has 0 aliphatic rings. The van der Waals surface area contributed by atoms with E-state index in [4.69, 9.17) is 10.5 Å². The molecule has 0 aliphatic carbocycles. The average molecular weight is 316 g/mol. The van der Waals surface area contributed by atoms with E-state index in [1.54, 1.807) is 25.3 Å². The quantitative estimate of drug-likeness (QED) is 0.802. The average Bonchev–Trinajstić information content (AvgIpc) is 2.96. The van der Waals surface area contributed by atoms with Crippen molar-refractivity contribution in [3.63, 3.8) is 0 Å². The smallest absolute Gasteiger partial charge is 0.165 e. The number of benzene rings is 1. The number of methoxy groups -OCH3 is 1. The van der Waals surface area contributed by atoms with Gasteiger partial charge in [0.2, 0.25) is 0 Å². The second-order valence-electron chi connectivity index (χ2n) is 4.60. The zero-order chi connectivity index (χ0) is 15.7. The van der Waals surface area contributed by atoms with E-state index >= 15 is 0 Å². The van der Waals surface area contributed by atoms with Crippen LogP contribution in [0, 0.1) is 12.7 Å². The number of anilines is 1. The number of aromatic nitrogens is 3. The molecule has 0 aliphatic heterocycles. The van der Waals surface area contributed by atoms with Crippen LogP contribution in [0.3, 0.4) is 0 Å². The van der Waals surface area contributed by atoms with Gasteiger partial charge in [0, 0.05) is 17.1 Å². The monoisotopic (exact) mass is 316 g/mol. The third-order valence-electron chi connectivity index (χ3n) is 3.12. The molecule has 3 rings (SSSR count). The summed E-state index contributed by atoms with van der Waals surface area (Å²) >= 11 is 1.41. The van der Waals surface area contributed by atoms with Gasteiger partial charge in [0.15, 0.2) is 11.6 Å². The summed E-state index contributed by atoms with van der Waals surface area (Å²) in [6.45, 7) is 1.77. The number of nitrogens with two attached hydrogens (primary N) is 1. The van der Waals surface area contributed by atoms with Gasteiger partial charge in [0.05, 0.1) is 18.4 Å². The van der Waals surface area contributed by atoms with E-state index in [1.807, 2.05) is 5.38 Å². The molecule has 112 valence electrons. The molecule has 22 heavy (non-hydrogen) atoms. The van der Waals surface area contributed by atoms with Crippen molar-refractivity contribution in [1.82, 2.24) is 15.0 Å². The number of hydrogen-bond donors (Lipinski definition) is 1. The number of thiazole rings is 1. The summed E-state index contributed by atoms with van der Waals surface area (Å²) in [6, 6.07) is 4.73. The van der Waals surface area contributed by atoms with E-state index in [0.717, 1.165) is 0 Å². The van der Waals surface area contributed by atoms with Crippen LogP contribution >= 0.6 is 11.3 Å². The van der Waals surface area contributed by atoms with Crippen molar-refractivity contribution < 1.29 is 9.13 Å². The maximum absolute atomic E-state index is 13.8. The fraction of sp³-hybridized carbons (Fsp3) is 0.133. The van der Waals surface area contributed by atoms with E-state index in [9.17, 15) is 4.39 Å². The predicted octanol–water partition coefficient (Wildman–Crippen LogP) is 3.31. The molecular formula is C15H13FN4OS. The maximum Gasteiger partial charge on any atom is 0.165 e. The van der Waals surface area contributed by atoms with E-state index in [0.29, 0.717) is 33.5 Å². The minimum Gasteiger partial charge on any atom is -0.494 e. The second kappa shape index (κ2) is 5.69. The molecule has 0 unspecified atom stereocenters. The van der Waals surface area contributed by atoms with Crippen LogP contribution in [0.1, 0.15) is 5.82 Å². The number of nitrogen functional groups attached to an aromatic ring is 1. The van der Waals surface area contributed by atoms with Crippen molar-refractivity contribution in [3.8, 4) is 27.6 Å². The third-order valence-corrected chi connectivity index (χ3v) is 4.00. The Labute approximate surface area is 130 Å². The first kappa shape index (κ1) is 14.4. The summed E-state index contributed by atoms with van der Waals surface area (Å²) in [5.74, 6) is 0.771. The van der Waals surface area contributed by atoms with Gasteiger partial charge in [-0.25, -0.2) is 19.3 Å². The first-order chi connectivity index (χ1) is 10.6. The van der Waals surface area contributed by atoms with Crippen molar-refractivity contribution >= 4 is 17.2 Å². The zero-order valence-corrected chi connectivity index (χ0v) is 12.8. The lowest BCUT2D eigenvalue weighted by atomic mass is 10.1. The predicted molar refractivity (Wildman–Crippen MR) is 84.2 cm³/mol. The van der Waals surface area contributed by atoms with Crippen LogP contribution in [0.25, 0.3) is 21.8 Å². The van der Waals surface area contributed by atoms with Crippen LogP contribution in [0.5, 0.6) is 5.75 Å². The highest BCUT2D eigenvalue weighted by Gasteiger charge is 2.12. The van der Waals surface area contributed by atoms with Gasteiger partial charge in [-0.1, -0.05) is 0 Å².